The summed E-state index contributed by atoms with van der Waals surface area (Å²) in [5.41, 5.74) is 2.00. The molecule has 0 unspecified atom stereocenters. The Morgan fingerprint density at radius 2 is 1.76 bits per heavy atom. The maximum atomic E-state index is 11.7. The molecule has 0 spiro atoms. The molecule has 5 heteroatoms. The summed E-state index contributed by atoms with van der Waals surface area (Å²) in [4.78, 5) is 11.7. The molecule has 5 nitrogen and oxygen atoms in total. The van der Waals surface area contributed by atoms with Gasteiger partial charge in [0.25, 0.3) is 0 Å². The molecule has 1 aliphatic rings. The van der Waals surface area contributed by atoms with Gasteiger partial charge in [0.15, 0.2) is 0 Å². The van der Waals surface area contributed by atoms with E-state index in [1.165, 1.54) is 0 Å². The number of benzene rings is 3. The Bertz CT molecular complexity index is 1000. The molecular formula is C24H25NO4. The van der Waals surface area contributed by atoms with Gasteiger partial charge in [-0.15, -0.1) is 0 Å². The first-order valence-electron chi connectivity index (χ1n) is 10.0. The molecule has 0 bridgehead atoms. The van der Waals surface area contributed by atoms with Gasteiger partial charge in [-0.05, 0) is 54.2 Å². The lowest BCUT2D eigenvalue weighted by atomic mass is 9.93. The predicted molar refractivity (Wildman–Crippen MR) is 114 cm³/mol. The first-order valence-corrected chi connectivity index (χ1v) is 10.0. The summed E-state index contributed by atoms with van der Waals surface area (Å²) < 4.78 is 5.98. The van der Waals surface area contributed by atoms with Gasteiger partial charge in [-0.2, -0.15) is 0 Å². The lowest BCUT2D eigenvalue weighted by Gasteiger charge is -2.27. The molecule has 0 atom stereocenters. The van der Waals surface area contributed by atoms with Gasteiger partial charge in [0.1, 0.15) is 17.9 Å². The van der Waals surface area contributed by atoms with Crippen LogP contribution < -0.4 is 10.1 Å². The Hall–Kier alpha value is -3.05. The first kappa shape index (κ1) is 19.3. The molecule has 3 aromatic carbocycles. The average Bonchev–Trinajstić information content (AvgIpc) is 2.74. The normalized spacial score (nSPS) is 19.1. The molecular weight excluding hydrogens is 366 g/mol. The van der Waals surface area contributed by atoms with E-state index < -0.39 is 5.97 Å². The highest BCUT2D eigenvalue weighted by molar-refractivity contribution is 5.91. The standard InChI is InChI=1S/C24H25NO4/c26-20-11-8-18(9-12-20)25-19-10-13-22(24(27)28)23(14-19)29-15-17-6-3-5-16-4-1-2-7-21(16)17/h1-7,10,13-14,18,20,25-26H,8-9,11-12,15H2,(H,27,28). The smallest absolute Gasteiger partial charge is 0.339 e. The Morgan fingerprint density at radius 3 is 2.55 bits per heavy atom. The summed E-state index contributed by atoms with van der Waals surface area (Å²) in [7, 11) is 0. The predicted octanol–water partition coefficient (Wildman–Crippen LogP) is 4.83. The maximum Gasteiger partial charge on any atom is 0.339 e. The number of anilines is 1. The summed E-state index contributed by atoms with van der Waals surface area (Å²) in [6.07, 6.45) is 3.16. The van der Waals surface area contributed by atoms with E-state index in [2.05, 4.69) is 5.32 Å². The zero-order valence-electron chi connectivity index (χ0n) is 16.2. The van der Waals surface area contributed by atoms with E-state index in [1.54, 1.807) is 18.2 Å². The van der Waals surface area contributed by atoms with Crippen LogP contribution in [0.3, 0.4) is 0 Å². The van der Waals surface area contributed by atoms with Crippen LogP contribution in [-0.4, -0.2) is 28.3 Å². The number of hydrogen-bond acceptors (Lipinski definition) is 4. The van der Waals surface area contributed by atoms with E-state index in [4.69, 9.17) is 4.74 Å². The van der Waals surface area contributed by atoms with Crippen molar-refractivity contribution in [2.45, 2.75) is 44.4 Å². The number of carboxylic acids is 1. The minimum atomic E-state index is -1.01. The molecule has 29 heavy (non-hydrogen) atoms. The van der Waals surface area contributed by atoms with Crippen LogP contribution in [-0.2, 0) is 6.61 Å². The molecule has 3 N–H and O–H groups in total. The number of ether oxygens (including phenoxy) is 1. The van der Waals surface area contributed by atoms with Gasteiger partial charge in [0.05, 0.1) is 6.10 Å². The third-order valence-electron chi connectivity index (χ3n) is 5.54. The summed E-state index contributed by atoms with van der Waals surface area (Å²) in [5.74, 6) is -0.656. The van der Waals surface area contributed by atoms with E-state index >= 15 is 0 Å². The van der Waals surface area contributed by atoms with Crippen molar-refractivity contribution in [2.75, 3.05) is 5.32 Å². The van der Waals surface area contributed by atoms with Gasteiger partial charge in [0.2, 0.25) is 0 Å². The van der Waals surface area contributed by atoms with Crippen LogP contribution in [0.5, 0.6) is 5.75 Å². The van der Waals surface area contributed by atoms with Crippen LogP contribution in [0, 0.1) is 0 Å². The molecule has 0 aromatic heterocycles. The summed E-state index contributed by atoms with van der Waals surface area (Å²) in [6.45, 7) is 0.292. The topological polar surface area (TPSA) is 78.8 Å². The fraction of sp³-hybridized carbons (Fsp3) is 0.292. The van der Waals surface area contributed by atoms with E-state index in [0.29, 0.717) is 12.4 Å². The molecule has 4 rings (SSSR count). The SMILES string of the molecule is O=C(O)c1ccc(NC2CCC(O)CC2)cc1OCc1cccc2ccccc12. The van der Waals surface area contributed by atoms with Gasteiger partial charge in [-0.1, -0.05) is 42.5 Å². The van der Waals surface area contributed by atoms with Gasteiger partial charge in [-0.25, -0.2) is 4.79 Å². The van der Waals surface area contributed by atoms with Crippen molar-refractivity contribution in [3.05, 3.63) is 71.8 Å². The third-order valence-corrected chi connectivity index (χ3v) is 5.54. The van der Waals surface area contributed by atoms with Crippen molar-refractivity contribution in [2.24, 2.45) is 0 Å². The fourth-order valence-electron chi connectivity index (χ4n) is 3.94. The van der Waals surface area contributed by atoms with Crippen molar-refractivity contribution in [3.63, 3.8) is 0 Å². The van der Waals surface area contributed by atoms with Crippen molar-refractivity contribution < 1.29 is 19.7 Å². The summed E-state index contributed by atoms with van der Waals surface area (Å²) >= 11 is 0. The molecule has 0 heterocycles. The van der Waals surface area contributed by atoms with Gasteiger partial charge in [0, 0.05) is 17.8 Å². The van der Waals surface area contributed by atoms with Crippen molar-refractivity contribution >= 4 is 22.4 Å². The average molecular weight is 391 g/mol. The Balaban J connectivity index is 1.54. The zero-order valence-corrected chi connectivity index (χ0v) is 16.2. The van der Waals surface area contributed by atoms with Gasteiger partial charge >= 0.3 is 5.97 Å². The summed E-state index contributed by atoms with van der Waals surface area (Å²) in [6, 6.07) is 19.5. The minimum Gasteiger partial charge on any atom is -0.488 e. The van der Waals surface area contributed by atoms with Crippen molar-refractivity contribution in [1.82, 2.24) is 0 Å². The molecule has 1 fully saturated rings. The number of hydrogen-bond donors (Lipinski definition) is 3. The number of carbonyl (C=O) groups is 1. The van der Waals surface area contributed by atoms with Crippen LogP contribution in [0.1, 0.15) is 41.6 Å². The highest BCUT2D eigenvalue weighted by Gasteiger charge is 2.20. The number of aliphatic hydroxyl groups excluding tert-OH is 1. The highest BCUT2D eigenvalue weighted by Crippen LogP contribution is 2.28. The molecule has 1 aliphatic carbocycles. The van der Waals surface area contributed by atoms with E-state index in [-0.39, 0.29) is 17.7 Å². The van der Waals surface area contributed by atoms with Crippen LogP contribution >= 0.6 is 0 Å². The van der Waals surface area contributed by atoms with Gasteiger partial charge < -0.3 is 20.3 Å². The van der Waals surface area contributed by atoms with E-state index in [9.17, 15) is 15.0 Å². The second kappa shape index (κ2) is 8.53. The lowest BCUT2D eigenvalue weighted by molar-refractivity contribution is 0.0691. The molecule has 0 radical (unpaired) electrons. The fourth-order valence-corrected chi connectivity index (χ4v) is 3.94. The van der Waals surface area contributed by atoms with Gasteiger partial charge in [-0.3, -0.25) is 0 Å². The highest BCUT2D eigenvalue weighted by atomic mass is 16.5. The molecule has 0 saturated heterocycles. The number of aliphatic hydroxyl groups is 1. The Labute approximate surface area is 169 Å². The Morgan fingerprint density at radius 1 is 1.00 bits per heavy atom. The zero-order chi connectivity index (χ0) is 20.2. The van der Waals surface area contributed by atoms with E-state index in [0.717, 1.165) is 47.7 Å². The Kier molecular flexibility index (Phi) is 5.67. The van der Waals surface area contributed by atoms with Crippen molar-refractivity contribution in [1.29, 1.82) is 0 Å². The second-order valence-corrected chi connectivity index (χ2v) is 7.59. The van der Waals surface area contributed by atoms with Crippen LogP contribution in [0.2, 0.25) is 0 Å². The quantitative estimate of drug-likeness (QED) is 0.561. The van der Waals surface area contributed by atoms with Crippen LogP contribution in [0.4, 0.5) is 5.69 Å². The van der Waals surface area contributed by atoms with Crippen LogP contribution in [0.15, 0.2) is 60.7 Å². The minimum absolute atomic E-state index is 0.148. The third kappa shape index (κ3) is 4.51. The number of fused-ring (bicyclic) bond motifs is 1. The number of carboxylic acid groups (broad SMARTS) is 1. The number of rotatable bonds is 6. The molecule has 0 amide bonds. The molecule has 0 aliphatic heterocycles. The number of aromatic carboxylic acids is 1. The molecule has 1 saturated carbocycles. The monoisotopic (exact) mass is 391 g/mol. The van der Waals surface area contributed by atoms with E-state index in [1.807, 2.05) is 42.5 Å². The number of nitrogens with one attached hydrogen (secondary N) is 1. The maximum absolute atomic E-state index is 11.7. The first-order chi connectivity index (χ1) is 14.1. The largest absolute Gasteiger partial charge is 0.488 e. The molecule has 150 valence electrons. The second-order valence-electron chi connectivity index (χ2n) is 7.59. The summed E-state index contributed by atoms with van der Waals surface area (Å²) in [5, 5.41) is 24.9. The van der Waals surface area contributed by atoms with Crippen molar-refractivity contribution in [3.8, 4) is 5.75 Å². The van der Waals surface area contributed by atoms with Crippen LogP contribution in [0.25, 0.3) is 10.8 Å². The molecule has 3 aromatic rings. The lowest BCUT2D eigenvalue weighted by Crippen LogP contribution is -2.28.